The van der Waals surface area contributed by atoms with Crippen molar-refractivity contribution < 1.29 is 24.5 Å². The van der Waals surface area contributed by atoms with E-state index in [1.165, 1.54) is 12.1 Å². The quantitative estimate of drug-likeness (QED) is 0.569. The molecule has 3 rings (SSSR count). The van der Waals surface area contributed by atoms with Crippen molar-refractivity contribution in [2.45, 2.75) is 6.92 Å². The van der Waals surface area contributed by atoms with Gasteiger partial charge in [0.05, 0.1) is 5.82 Å². The number of fused-ring (bicyclic) bond motifs is 1. The van der Waals surface area contributed by atoms with Gasteiger partial charge >= 0.3 is 0 Å². The van der Waals surface area contributed by atoms with Gasteiger partial charge in [0.2, 0.25) is 0 Å². The number of aryl methyl sites for hydroxylation is 1. The van der Waals surface area contributed by atoms with E-state index in [9.17, 15) is 4.39 Å². The zero-order chi connectivity index (χ0) is 11.8. The number of hydrogen-bond donors (Lipinski definition) is 0. The SMILES string of the molecule is Cc1cccn2nc(-c3[c-]cc(F)cc3)nc12.[Ir]. The van der Waals surface area contributed by atoms with Crippen molar-refractivity contribution in [1.29, 1.82) is 0 Å². The van der Waals surface area contributed by atoms with Crippen molar-refractivity contribution in [3.8, 4) is 11.4 Å². The summed E-state index contributed by atoms with van der Waals surface area (Å²) in [6.07, 6.45) is 1.84. The van der Waals surface area contributed by atoms with E-state index in [1.807, 2.05) is 25.3 Å². The van der Waals surface area contributed by atoms with Crippen LogP contribution in [0.3, 0.4) is 0 Å². The number of benzene rings is 1. The molecule has 3 aromatic rings. The number of aromatic nitrogens is 3. The van der Waals surface area contributed by atoms with Crippen LogP contribution in [0.25, 0.3) is 17.0 Å². The van der Waals surface area contributed by atoms with Gasteiger partial charge in [0.25, 0.3) is 0 Å². The van der Waals surface area contributed by atoms with Crippen LogP contribution >= 0.6 is 0 Å². The van der Waals surface area contributed by atoms with Crippen LogP contribution in [0, 0.1) is 18.8 Å². The van der Waals surface area contributed by atoms with Crippen LogP contribution in [-0.2, 0) is 20.1 Å². The van der Waals surface area contributed by atoms with Gasteiger partial charge in [0, 0.05) is 32.1 Å². The second-order valence-electron chi connectivity index (χ2n) is 3.82. The van der Waals surface area contributed by atoms with Crippen molar-refractivity contribution in [3.05, 3.63) is 54.0 Å². The van der Waals surface area contributed by atoms with E-state index in [0.29, 0.717) is 11.4 Å². The molecule has 0 saturated heterocycles. The van der Waals surface area contributed by atoms with Gasteiger partial charge in [0.1, 0.15) is 5.65 Å². The molecule has 0 spiro atoms. The van der Waals surface area contributed by atoms with E-state index >= 15 is 0 Å². The van der Waals surface area contributed by atoms with Gasteiger partial charge in [-0.25, -0.2) is 4.52 Å². The number of pyridine rings is 1. The maximum Gasteiger partial charge on any atom is 0.148 e. The summed E-state index contributed by atoms with van der Waals surface area (Å²) in [5, 5.41) is 4.33. The summed E-state index contributed by atoms with van der Waals surface area (Å²) in [7, 11) is 0. The molecule has 0 atom stereocenters. The number of halogens is 1. The minimum absolute atomic E-state index is 0. The molecule has 0 aliphatic heterocycles. The van der Waals surface area contributed by atoms with Crippen LogP contribution in [0.15, 0.2) is 36.5 Å². The van der Waals surface area contributed by atoms with Crippen molar-refractivity contribution in [2.75, 3.05) is 0 Å². The summed E-state index contributed by atoms with van der Waals surface area (Å²) < 4.78 is 14.5. The Hall–Kier alpha value is -1.58. The van der Waals surface area contributed by atoms with Gasteiger partial charge in [0.15, 0.2) is 0 Å². The molecule has 93 valence electrons. The summed E-state index contributed by atoms with van der Waals surface area (Å²) in [6.45, 7) is 1.97. The molecule has 0 saturated carbocycles. The average Bonchev–Trinajstić information content (AvgIpc) is 2.75. The predicted octanol–water partition coefficient (Wildman–Crippen LogP) is 2.64. The fourth-order valence-corrected chi connectivity index (χ4v) is 1.70. The number of nitrogens with zero attached hydrogens (tertiary/aromatic N) is 3. The third-order valence-electron chi connectivity index (χ3n) is 2.57. The zero-order valence-electron chi connectivity index (χ0n) is 9.52. The molecule has 5 heteroatoms. The molecule has 18 heavy (non-hydrogen) atoms. The Morgan fingerprint density at radius 1 is 1.28 bits per heavy atom. The normalized spacial score (nSPS) is 10.3. The van der Waals surface area contributed by atoms with Gasteiger partial charge in [-0.05, 0) is 18.6 Å². The molecule has 2 aromatic heterocycles. The molecule has 0 N–H and O–H groups in total. The molecule has 2 heterocycles. The topological polar surface area (TPSA) is 30.2 Å². The Balaban J connectivity index is 0.00000120. The molecular weight excluding hydrogens is 409 g/mol. The van der Waals surface area contributed by atoms with Gasteiger partial charge < -0.3 is 0 Å². The minimum atomic E-state index is -0.311. The molecule has 0 bridgehead atoms. The van der Waals surface area contributed by atoms with Gasteiger partial charge in [-0.3, -0.25) is 9.37 Å². The van der Waals surface area contributed by atoms with Crippen LogP contribution < -0.4 is 0 Å². The van der Waals surface area contributed by atoms with E-state index in [4.69, 9.17) is 0 Å². The zero-order valence-corrected chi connectivity index (χ0v) is 11.9. The van der Waals surface area contributed by atoms with Crippen LogP contribution in [0.2, 0.25) is 0 Å². The van der Waals surface area contributed by atoms with Crippen molar-refractivity contribution in [1.82, 2.24) is 14.6 Å². The molecule has 1 aromatic carbocycles. The van der Waals surface area contributed by atoms with E-state index in [0.717, 1.165) is 11.2 Å². The van der Waals surface area contributed by atoms with E-state index in [2.05, 4.69) is 16.1 Å². The summed E-state index contributed by atoms with van der Waals surface area (Å²) >= 11 is 0. The largest absolute Gasteiger partial charge is 0.265 e. The minimum Gasteiger partial charge on any atom is -0.265 e. The Bertz CT molecular complexity index is 676. The third-order valence-corrected chi connectivity index (χ3v) is 2.57. The summed E-state index contributed by atoms with van der Waals surface area (Å²) in [4.78, 5) is 4.41. The molecule has 1 radical (unpaired) electrons. The summed E-state index contributed by atoms with van der Waals surface area (Å²) in [5.41, 5.74) is 2.54. The predicted molar refractivity (Wildman–Crippen MR) is 62.0 cm³/mol. The van der Waals surface area contributed by atoms with Crippen LogP contribution in [0.4, 0.5) is 4.39 Å². The third kappa shape index (κ3) is 2.19. The Morgan fingerprint density at radius 2 is 2.11 bits per heavy atom. The van der Waals surface area contributed by atoms with Crippen molar-refractivity contribution >= 4 is 5.65 Å². The van der Waals surface area contributed by atoms with E-state index in [-0.39, 0.29) is 25.9 Å². The monoisotopic (exact) mass is 419 g/mol. The first-order valence-electron chi connectivity index (χ1n) is 5.23. The van der Waals surface area contributed by atoms with Crippen LogP contribution in [0.1, 0.15) is 5.56 Å². The molecular formula is C13H9FIrN3-. The first-order valence-corrected chi connectivity index (χ1v) is 5.23. The smallest absolute Gasteiger partial charge is 0.148 e. The standard InChI is InChI=1S/C13H9FN3.Ir/c1-9-3-2-8-17-13(9)15-12(16-17)10-4-6-11(14)7-5-10;/h2-4,6-8H,1H3;/q-1;. The second kappa shape index (κ2) is 4.96. The van der Waals surface area contributed by atoms with Crippen molar-refractivity contribution in [2.24, 2.45) is 0 Å². The molecule has 0 fully saturated rings. The molecule has 0 unspecified atom stereocenters. The van der Waals surface area contributed by atoms with Gasteiger partial charge in [-0.15, -0.1) is 29.8 Å². The fraction of sp³-hybridized carbons (Fsp3) is 0.0769. The number of hydrogen-bond acceptors (Lipinski definition) is 2. The molecule has 0 amide bonds. The molecule has 0 aliphatic carbocycles. The maximum absolute atomic E-state index is 12.8. The number of rotatable bonds is 1. The van der Waals surface area contributed by atoms with Crippen LogP contribution in [-0.4, -0.2) is 14.6 Å². The first-order chi connectivity index (χ1) is 8.24. The summed E-state index contributed by atoms with van der Waals surface area (Å²) in [6, 6.07) is 11.0. The second-order valence-corrected chi connectivity index (χ2v) is 3.82. The average molecular weight is 418 g/mol. The van der Waals surface area contributed by atoms with E-state index < -0.39 is 0 Å². The van der Waals surface area contributed by atoms with Gasteiger partial charge in [-0.2, -0.15) is 5.10 Å². The van der Waals surface area contributed by atoms with Gasteiger partial charge in [-0.1, -0.05) is 6.07 Å². The Labute approximate surface area is 117 Å². The maximum atomic E-state index is 12.8. The van der Waals surface area contributed by atoms with Crippen molar-refractivity contribution in [3.63, 3.8) is 0 Å². The van der Waals surface area contributed by atoms with E-state index in [1.54, 1.807) is 10.6 Å². The molecule has 3 nitrogen and oxygen atoms in total. The molecule has 0 aliphatic rings. The van der Waals surface area contributed by atoms with Crippen LogP contribution in [0.5, 0.6) is 0 Å². The first kappa shape index (κ1) is 12.9. The fourth-order valence-electron chi connectivity index (χ4n) is 1.70. The summed E-state index contributed by atoms with van der Waals surface area (Å²) in [5.74, 6) is 0.244. The Kier molecular flexibility index (Phi) is 3.55. The Morgan fingerprint density at radius 3 is 2.78 bits per heavy atom.